The molecule has 1 aliphatic carbocycles. The van der Waals surface area contributed by atoms with Gasteiger partial charge in [0, 0.05) is 5.56 Å². The molecule has 2 rings (SSSR count). The van der Waals surface area contributed by atoms with Crippen LogP contribution in [0.1, 0.15) is 73.4 Å². The molecule has 0 unspecified atom stereocenters. The molecule has 98 valence electrons. The lowest BCUT2D eigenvalue weighted by Gasteiger charge is -2.29. The molecule has 0 radical (unpaired) electrons. The lowest BCUT2D eigenvalue weighted by atomic mass is 9.76. The van der Waals surface area contributed by atoms with Crippen molar-refractivity contribution in [2.24, 2.45) is 5.92 Å². The Hall–Kier alpha value is -1.11. The first-order valence-electron chi connectivity index (χ1n) is 7.37. The Kier molecular flexibility index (Phi) is 4.57. The summed E-state index contributed by atoms with van der Waals surface area (Å²) in [5.74, 6) is 1.61. The summed E-state index contributed by atoms with van der Waals surface area (Å²) >= 11 is 0. The Morgan fingerprint density at radius 1 is 1.17 bits per heavy atom. The van der Waals surface area contributed by atoms with E-state index >= 15 is 0 Å². The van der Waals surface area contributed by atoms with E-state index in [1.54, 1.807) is 0 Å². The average molecular weight is 244 g/mol. The molecule has 0 amide bonds. The Labute approximate surface area is 111 Å². The lowest BCUT2D eigenvalue weighted by molar-refractivity contribution is 0.112. The molecular formula is C17H24O. The smallest absolute Gasteiger partial charge is 0.150 e. The van der Waals surface area contributed by atoms with Crippen LogP contribution in [0.3, 0.4) is 0 Å². The first kappa shape index (κ1) is 13.3. The summed E-state index contributed by atoms with van der Waals surface area (Å²) in [4.78, 5) is 11.1. The molecule has 0 aliphatic heterocycles. The van der Waals surface area contributed by atoms with E-state index in [4.69, 9.17) is 0 Å². The van der Waals surface area contributed by atoms with Crippen LogP contribution in [0, 0.1) is 5.92 Å². The summed E-state index contributed by atoms with van der Waals surface area (Å²) in [6.45, 7) is 4.46. The van der Waals surface area contributed by atoms with E-state index in [0.717, 1.165) is 24.2 Å². The summed E-state index contributed by atoms with van der Waals surface area (Å²) < 4.78 is 0. The first-order valence-corrected chi connectivity index (χ1v) is 7.37. The van der Waals surface area contributed by atoms with E-state index in [1.807, 2.05) is 12.1 Å². The largest absolute Gasteiger partial charge is 0.298 e. The summed E-state index contributed by atoms with van der Waals surface area (Å²) in [5.41, 5.74) is 3.62. The second kappa shape index (κ2) is 6.17. The zero-order valence-electron chi connectivity index (χ0n) is 11.6. The third-order valence-electron chi connectivity index (χ3n) is 4.59. The van der Waals surface area contributed by atoms with Gasteiger partial charge in [-0.15, -0.1) is 0 Å². The van der Waals surface area contributed by atoms with Crippen molar-refractivity contribution in [3.63, 3.8) is 0 Å². The van der Waals surface area contributed by atoms with Gasteiger partial charge in [0.15, 0.2) is 0 Å². The normalized spacial score (nSPS) is 23.9. The molecule has 1 aliphatic rings. The summed E-state index contributed by atoms with van der Waals surface area (Å²) in [6, 6.07) is 6.24. The fourth-order valence-electron chi connectivity index (χ4n) is 3.41. The van der Waals surface area contributed by atoms with Gasteiger partial charge in [-0.25, -0.2) is 0 Å². The van der Waals surface area contributed by atoms with Crippen LogP contribution in [0.15, 0.2) is 18.2 Å². The molecule has 0 atom stereocenters. The molecule has 0 heterocycles. The van der Waals surface area contributed by atoms with Crippen molar-refractivity contribution in [2.45, 2.75) is 58.3 Å². The number of aldehydes is 1. The van der Waals surface area contributed by atoms with Gasteiger partial charge in [-0.2, -0.15) is 0 Å². The van der Waals surface area contributed by atoms with Crippen molar-refractivity contribution in [3.05, 3.63) is 34.9 Å². The summed E-state index contributed by atoms with van der Waals surface area (Å²) in [7, 11) is 0. The Balaban J connectivity index is 2.21. The molecule has 1 heteroatoms. The van der Waals surface area contributed by atoms with E-state index in [-0.39, 0.29) is 0 Å². The quantitative estimate of drug-likeness (QED) is 0.699. The SMILES string of the molecule is CCc1c(C=O)cccc1C1CCC(CC)CC1. The van der Waals surface area contributed by atoms with Gasteiger partial charge in [-0.05, 0) is 55.1 Å². The number of benzene rings is 1. The number of hydrogen-bond donors (Lipinski definition) is 0. The second-order valence-corrected chi connectivity index (χ2v) is 5.51. The van der Waals surface area contributed by atoms with Gasteiger partial charge in [0.05, 0.1) is 0 Å². The molecule has 0 spiro atoms. The summed E-state index contributed by atoms with van der Waals surface area (Å²) in [6.07, 6.45) is 8.62. The van der Waals surface area contributed by atoms with Crippen LogP contribution in [-0.4, -0.2) is 6.29 Å². The monoisotopic (exact) mass is 244 g/mol. The second-order valence-electron chi connectivity index (χ2n) is 5.51. The third-order valence-corrected chi connectivity index (χ3v) is 4.59. The average Bonchev–Trinajstić information content (AvgIpc) is 2.46. The number of carbonyl (C=O) groups is 1. The van der Waals surface area contributed by atoms with Crippen molar-refractivity contribution >= 4 is 6.29 Å². The fraction of sp³-hybridized carbons (Fsp3) is 0.588. The van der Waals surface area contributed by atoms with E-state index in [1.165, 1.54) is 43.2 Å². The van der Waals surface area contributed by atoms with E-state index in [9.17, 15) is 4.79 Å². The van der Waals surface area contributed by atoms with Gasteiger partial charge in [0.2, 0.25) is 0 Å². The predicted molar refractivity (Wildman–Crippen MR) is 76.2 cm³/mol. The molecule has 0 N–H and O–H groups in total. The van der Waals surface area contributed by atoms with Gasteiger partial charge in [0.1, 0.15) is 6.29 Å². The van der Waals surface area contributed by atoms with Gasteiger partial charge in [0.25, 0.3) is 0 Å². The maximum Gasteiger partial charge on any atom is 0.150 e. The van der Waals surface area contributed by atoms with Crippen LogP contribution in [0.5, 0.6) is 0 Å². The topological polar surface area (TPSA) is 17.1 Å². The Morgan fingerprint density at radius 3 is 2.44 bits per heavy atom. The fourth-order valence-corrected chi connectivity index (χ4v) is 3.41. The number of hydrogen-bond acceptors (Lipinski definition) is 1. The Morgan fingerprint density at radius 2 is 1.89 bits per heavy atom. The molecular weight excluding hydrogens is 220 g/mol. The maximum atomic E-state index is 11.1. The minimum atomic E-state index is 0.683. The van der Waals surface area contributed by atoms with Gasteiger partial charge < -0.3 is 0 Å². The van der Waals surface area contributed by atoms with Crippen molar-refractivity contribution in [3.8, 4) is 0 Å². The molecule has 0 bridgehead atoms. The molecule has 1 saturated carbocycles. The van der Waals surface area contributed by atoms with Crippen molar-refractivity contribution in [1.82, 2.24) is 0 Å². The third kappa shape index (κ3) is 2.66. The minimum absolute atomic E-state index is 0.683. The van der Waals surface area contributed by atoms with Crippen LogP contribution >= 0.6 is 0 Å². The Bertz CT molecular complexity index is 400. The van der Waals surface area contributed by atoms with Crippen molar-refractivity contribution in [2.75, 3.05) is 0 Å². The van der Waals surface area contributed by atoms with Crippen LogP contribution in [0.2, 0.25) is 0 Å². The van der Waals surface area contributed by atoms with E-state index in [0.29, 0.717) is 5.92 Å². The van der Waals surface area contributed by atoms with Crippen LogP contribution in [-0.2, 0) is 6.42 Å². The van der Waals surface area contributed by atoms with Gasteiger partial charge >= 0.3 is 0 Å². The molecule has 1 nitrogen and oxygen atoms in total. The van der Waals surface area contributed by atoms with Crippen LogP contribution in [0.4, 0.5) is 0 Å². The molecule has 1 fully saturated rings. The highest BCUT2D eigenvalue weighted by Crippen LogP contribution is 2.38. The first-order chi connectivity index (χ1) is 8.80. The van der Waals surface area contributed by atoms with Crippen molar-refractivity contribution < 1.29 is 4.79 Å². The molecule has 18 heavy (non-hydrogen) atoms. The minimum Gasteiger partial charge on any atom is -0.298 e. The van der Waals surface area contributed by atoms with Crippen LogP contribution in [0.25, 0.3) is 0 Å². The van der Waals surface area contributed by atoms with Crippen molar-refractivity contribution in [1.29, 1.82) is 0 Å². The molecule has 0 aromatic heterocycles. The van der Waals surface area contributed by atoms with Gasteiger partial charge in [-0.3, -0.25) is 4.79 Å². The molecule has 0 saturated heterocycles. The zero-order chi connectivity index (χ0) is 13.0. The van der Waals surface area contributed by atoms with E-state index in [2.05, 4.69) is 19.9 Å². The summed E-state index contributed by atoms with van der Waals surface area (Å²) in [5, 5.41) is 0. The lowest BCUT2D eigenvalue weighted by Crippen LogP contribution is -2.14. The number of carbonyl (C=O) groups excluding carboxylic acids is 1. The maximum absolute atomic E-state index is 11.1. The van der Waals surface area contributed by atoms with Gasteiger partial charge in [-0.1, -0.05) is 38.5 Å². The highest BCUT2D eigenvalue weighted by molar-refractivity contribution is 5.78. The number of rotatable bonds is 4. The highest BCUT2D eigenvalue weighted by atomic mass is 16.1. The molecule has 1 aromatic carbocycles. The van der Waals surface area contributed by atoms with E-state index < -0.39 is 0 Å². The zero-order valence-corrected chi connectivity index (χ0v) is 11.6. The molecule has 1 aromatic rings. The highest BCUT2D eigenvalue weighted by Gasteiger charge is 2.23. The predicted octanol–water partition coefficient (Wildman–Crippen LogP) is 4.75. The van der Waals surface area contributed by atoms with Crippen LogP contribution < -0.4 is 0 Å². The standard InChI is InChI=1S/C17H24O/c1-3-13-8-10-14(11-9-13)17-7-5-6-15(12-18)16(17)4-2/h5-7,12-14H,3-4,8-11H2,1-2H3.